The smallest absolute Gasteiger partial charge is 0.284 e. The third-order valence-corrected chi connectivity index (χ3v) is 3.43. The second-order valence-electron chi connectivity index (χ2n) is 4.19. The van der Waals surface area contributed by atoms with Gasteiger partial charge in [-0.15, -0.1) is 0 Å². The summed E-state index contributed by atoms with van der Waals surface area (Å²) >= 11 is 3.07. The largest absolute Gasteiger partial charge is 0.389 e. The van der Waals surface area contributed by atoms with E-state index in [-0.39, 0.29) is 28.9 Å². The molecule has 20 heavy (non-hydrogen) atoms. The van der Waals surface area contributed by atoms with Crippen LogP contribution in [0.2, 0.25) is 0 Å². The van der Waals surface area contributed by atoms with Crippen molar-refractivity contribution >= 4 is 27.5 Å². The zero-order valence-electron chi connectivity index (χ0n) is 11.1. The third-order valence-electron chi connectivity index (χ3n) is 2.60. The molecule has 8 heteroatoms. The average molecular weight is 347 g/mol. The number of hydrogen-bond acceptors (Lipinski definition) is 5. The summed E-state index contributed by atoms with van der Waals surface area (Å²) in [6, 6.07) is 4.23. The summed E-state index contributed by atoms with van der Waals surface area (Å²) in [6.45, 7) is 0.176. The topological polar surface area (TPSA) is 92.9 Å². The van der Waals surface area contributed by atoms with Gasteiger partial charge in [-0.3, -0.25) is 14.9 Å². The summed E-state index contributed by atoms with van der Waals surface area (Å²) < 4.78 is 4.91. The van der Waals surface area contributed by atoms with Gasteiger partial charge in [0.2, 0.25) is 0 Å². The Morgan fingerprint density at radius 3 is 2.80 bits per heavy atom. The molecule has 0 aliphatic rings. The first-order valence-corrected chi connectivity index (χ1v) is 6.53. The Morgan fingerprint density at radius 2 is 2.25 bits per heavy atom. The number of likely N-dealkylation sites (N-methyl/N-ethyl adjacent to an activating group) is 1. The van der Waals surface area contributed by atoms with E-state index in [1.807, 2.05) is 0 Å². The lowest BCUT2D eigenvalue weighted by molar-refractivity contribution is -0.385. The Balaban J connectivity index is 2.92. The van der Waals surface area contributed by atoms with Gasteiger partial charge in [0.25, 0.3) is 11.6 Å². The molecule has 1 unspecified atom stereocenters. The van der Waals surface area contributed by atoms with Crippen LogP contribution < -0.4 is 0 Å². The Morgan fingerprint density at radius 1 is 1.60 bits per heavy atom. The van der Waals surface area contributed by atoms with Crippen LogP contribution in [-0.4, -0.2) is 54.3 Å². The first kappa shape index (κ1) is 16.5. The number of methoxy groups -OCH3 is 1. The van der Waals surface area contributed by atoms with E-state index in [0.29, 0.717) is 0 Å². The van der Waals surface area contributed by atoms with E-state index >= 15 is 0 Å². The molecule has 110 valence electrons. The van der Waals surface area contributed by atoms with E-state index in [2.05, 4.69) is 15.9 Å². The van der Waals surface area contributed by atoms with E-state index < -0.39 is 16.9 Å². The summed E-state index contributed by atoms with van der Waals surface area (Å²) in [6.07, 6.45) is -0.813. The lowest BCUT2D eigenvalue weighted by Gasteiger charge is -2.21. The number of hydrogen-bond donors (Lipinski definition) is 1. The molecule has 0 heterocycles. The highest BCUT2D eigenvalue weighted by Gasteiger charge is 2.22. The second kappa shape index (κ2) is 7.32. The zero-order chi connectivity index (χ0) is 15.3. The highest BCUT2D eigenvalue weighted by molar-refractivity contribution is 9.10. The summed E-state index contributed by atoms with van der Waals surface area (Å²) in [5.41, 5.74) is -0.00648. The summed E-state index contributed by atoms with van der Waals surface area (Å²) in [5, 5.41) is 20.4. The molecule has 1 atom stereocenters. The molecule has 1 amide bonds. The first-order chi connectivity index (χ1) is 9.38. The van der Waals surface area contributed by atoms with E-state index in [1.54, 1.807) is 0 Å². The third kappa shape index (κ3) is 3.99. The van der Waals surface area contributed by atoms with Gasteiger partial charge in [0.05, 0.1) is 23.2 Å². The molecule has 0 spiro atoms. The molecule has 1 N–H and O–H groups in total. The van der Waals surface area contributed by atoms with E-state index in [4.69, 9.17) is 4.74 Å². The van der Waals surface area contributed by atoms with Crippen molar-refractivity contribution in [2.75, 3.05) is 27.3 Å². The Bertz CT molecular complexity index is 509. The van der Waals surface area contributed by atoms with Gasteiger partial charge in [0.1, 0.15) is 4.47 Å². The standard InChI is InChI=1S/C12H15BrN2O5/c1-14(6-8(16)7-20-2)12(17)9-4-3-5-10(11(9)13)15(18)19/h3-5,8,16H,6-7H2,1-2H3. The second-order valence-corrected chi connectivity index (χ2v) is 4.98. The molecule has 0 saturated carbocycles. The average Bonchev–Trinajstić information content (AvgIpc) is 2.38. The van der Waals surface area contributed by atoms with E-state index in [0.717, 1.165) is 0 Å². The number of aliphatic hydroxyl groups is 1. The SMILES string of the molecule is COCC(O)CN(C)C(=O)c1cccc([N+](=O)[O-])c1Br. The molecule has 1 aromatic rings. The van der Waals surface area contributed by atoms with Crippen LogP contribution in [0.5, 0.6) is 0 Å². The maximum absolute atomic E-state index is 12.2. The number of ether oxygens (including phenoxy) is 1. The fourth-order valence-electron chi connectivity index (χ4n) is 1.68. The normalized spacial score (nSPS) is 12.0. The van der Waals surface area contributed by atoms with Gasteiger partial charge >= 0.3 is 0 Å². The molecular weight excluding hydrogens is 332 g/mol. The van der Waals surface area contributed by atoms with Crippen LogP contribution in [-0.2, 0) is 4.74 Å². The summed E-state index contributed by atoms with van der Waals surface area (Å²) in [4.78, 5) is 23.7. The van der Waals surface area contributed by atoms with Crippen LogP contribution in [0, 0.1) is 10.1 Å². The van der Waals surface area contributed by atoms with Crippen molar-refractivity contribution in [1.82, 2.24) is 4.90 Å². The van der Waals surface area contributed by atoms with Gasteiger partial charge in [0, 0.05) is 26.8 Å². The fraction of sp³-hybridized carbons (Fsp3) is 0.417. The van der Waals surface area contributed by atoms with Gasteiger partial charge in [-0.1, -0.05) is 6.07 Å². The first-order valence-electron chi connectivity index (χ1n) is 5.73. The summed E-state index contributed by atoms with van der Waals surface area (Å²) in [5.74, 6) is -0.421. The highest BCUT2D eigenvalue weighted by atomic mass is 79.9. The van der Waals surface area contributed by atoms with Crippen LogP contribution in [0.25, 0.3) is 0 Å². The molecule has 0 aliphatic heterocycles. The van der Waals surface area contributed by atoms with Crippen molar-refractivity contribution in [3.8, 4) is 0 Å². The number of amides is 1. The Kier molecular flexibility index (Phi) is 6.05. The number of rotatable bonds is 6. The molecule has 0 bridgehead atoms. The van der Waals surface area contributed by atoms with Crippen molar-refractivity contribution in [3.63, 3.8) is 0 Å². The van der Waals surface area contributed by atoms with Gasteiger partial charge in [-0.05, 0) is 22.0 Å². The van der Waals surface area contributed by atoms with Crippen molar-refractivity contribution in [3.05, 3.63) is 38.3 Å². The van der Waals surface area contributed by atoms with Crippen molar-refractivity contribution < 1.29 is 19.6 Å². The van der Waals surface area contributed by atoms with Crippen LogP contribution in [0.4, 0.5) is 5.69 Å². The Hall–Kier alpha value is -1.51. The van der Waals surface area contributed by atoms with Gasteiger partial charge in [-0.2, -0.15) is 0 Å². The number of carbonyl (C=O) groups excluding carboxylic acids is 1. The summed E-state index contributed by atoms with van der Waals surface area (Å²) in [7, 11) is 2.95. The van der Waals surface area contributed by atoms with Crippen molar-refractivity contribution in [2.45, 2.75) is 6.10 Å². The maximum atomic E-state index is 12.2. The van der Waals surface area contributed by atoms with Crippen molar-refractivity contribution in [2.24, 2.45) is 0 Å². The predicted octanol–water partition coefficient (Wildman–Crippen LogP) is 1.44. The lowest BCUT2D eigenvalue weighted by Crippen LogP contribution is -2.36. The van der Waals surface area contributed by atoms with Crippen LogP contribution in [0.15, 0.2) is 22.7 Å². The number of aliphatic hydroxyl groups excluding tert-OH is 1. The monoisotopic (exact) mass is 346 g/mol. The number of nitro benzene ring substituents is 1. The van der Waals surface area contributed by atoms with Crippen LogP contribution in [0.3, 0.4) is 0 Å². The zero-order valence-corrected chi connectivity index (χ0v) is 12.7. The quantitative estimate of drug-likeness (QED) is 0.621. The maximum Gasteiger partial charge on any atom is 0.284 e. The van der Waals surface area contributed by atoms with Crippen LogP contribution >= 0.6 is 15.9 Å². The number of nitrogens with zero attached hydrogens (tertiary/aromatic N) is 2. The number of halogens is 1. The van der Waals surface area contributed by atoms with Crippen molar-refractivity contribution in [1.29, 1.82) is 0 Å². The lowest BCUT2D eigenvalue weighted by atomic mass is 10.1. The molecule has 7 nitrogen and oxygen atoms in total. The minimum absolute atomic E-state index is 0.0712. The molecule has 1 rings (SSSR count). The van der Waals surface area contributed by atoms with Gasteiger partial charge in [-0.25, -0.2) is 0 Å². The van der Waals surface area contributed by atoms with Gasteiger partial charge in [0.15, 0.2) is 0 Å². The molecular formula is C12H15BrN2O5. The highest BCUT2D eigenvalue weighted by Crippen LogP contribution is 2.28. The molecule has 0 saturated heterocycles. The molecule has 0 aromatic heterocycles. The molecule has 0 aliphatic carbocycles. The van der Waals surface area contributed by atoms with Crippen LogP contribution in [0.1, 0.15) is 10.4 Å². The molecule has 0 radical (unpaired) electrons. The minimum Gasteiger partial charge on any atom is -0.389 e. The van der Waals surface area contributed by atoms with Gasteiger partial charge < -0.3 is 14.7 Å². The van der Waals surface area contributed by atoms with E-state index in [9.17, 15) is 20.0 Å². The number of carbonyl (C=O) groups is 1. The molecule has 1 aromatic carbocycles. The fourth-order valence-corrected chi connectivity index (χ4v) is 2.25. The predicted molar refractivity (Wildman–Crippen MR) is 75.6 cm³/mol. The number of benzene rings is 1. The Labute approximate surface area is 124 Å². The number of nitro groups is 1. The molecule has 0 fully saturated rings. The minimum atomic E-state index is -0.813. The van der Waals surface area contributed by atoms with E-state index in [1.165, 1.54) is 37.3 Å².